The molecule has 0 bridgehead atoms. The van der Waals surface area contributed by atoms with Gasteiger partial charge in [0, 0.05) is 58.8 Å². The molecule has 1 aliphatic heterocycles. The van der Waals surface area contributed by atoms with Gasteiger partial charge in [0.2, 0.25) is 17.7 Å². The first-order valence-electron chi connectivity index (χ1n) is 10.7. The fraction of sp³-hybridized carbons (Fsp3) is 0.591. The van der Waals surface area contributed by atoms with Crippen LogP contribution in [0.3, 0.4) is 0 Å². The highest BCUT2D eigenvalue weighted by atomic mass is 16.5. The molecule has 1 saturated heterocycles. The van der Waals surface area contributed by atoms with Crippen LogP contribution in [0.15, 0.2) is 24.3 Å². The summed E-state index contributed by atoms with van der Waals surface area (Å²) in [7, 11) is 3.97. The molecule has 0 radical (unpaired) electrons. The summed E-state index contributed by atoms with van der Waals surface area (Å²) in [6, 6.07) is 8.01. The van der Waals surface area contributed by atoms with E-state index in [0.717, 1.165) is 30.5 Å². The Morgan fingerprint density at radius 2 is 1.40 bits per heavy atom. The molecule has 0 unspecified atom stereocenters. The number of carbonyl (C=O) groups excluding carboxylic acids is 3. The normalized spacial score (nSPS) is 13.8. The van der Waals surface area contributed by atoms with Gasteiger partial charge in [0.15, 0.2) is 0 Å². The predicted molar refractivity (Wildman–Crippen MR) is 115 cm³/mol. The van der Waals surface area contributed by atoms with Gasteiger partial charge in [-0.05, 0) is 30.5 Å². The first kappa shape index (κ1) is 23.7. The Bertz CT molecular complexity index is 698. The van der Waals surface area contributed by atoms with Gasteiger partial charge in [0.1, 0.15) is 0 Å². The van der Waals surface area contributed by atoms with Crippen molar-refractivity contribution in [3.8, 4) is 0 Å². The second kappa shape index (κ2) is 12.2. The van der Waals surface area contributed by atoms with Gasteiger partial charge in [0.05, 0.1) is 6.42 Å². The quantitative estimate of drug-likeness (QED) is 0.343. The lowest BCUT2D eigenvalue weighted by molar-refractivity contribution is -0.139. The van der Waals surface area contributed by atoms with E-state index in [0.29, 0.717) is 51.9 Å². The van der Waals surface area contributed by atoms with Crippen LogP contribution in [0.5, 0.6) is 0 Å². The van der Waals surface area contributed by atoms with E-state index in [-0.39, 0.29) is 17.7 Å². The van der Waals surface area contributed by atoms with Crippen LogP contribution >= 0.6 is 0 Å². The first-order valence-corrected chi connectivity index (χ1v) is 10.7. The van der Waals surface area contributed by atoms with Gasteiger partial charge in [-0.1, -0.05) is 25.0 Å². The van der Waals surface area contributed by atoms with Gasteiger partial charge in [-0.25, -0.2) is 5.48 Å². The maximum Gasteiger partial charge on any atom is 0.243 e. The predicted octanol–water partition coefficient (Wildman–Crippen LogP) is 1.81. The molecule has 1 fully saturated rings. The molecule has 0 aromatic heterocycles. The molecule has 0 atom stereocenters. The Labute approximate surface area is 178 Å². The molecular formula is C22H34N4O4. The number of nitrogens with one attached hydrogen (secondary N) is 1. The van der Waals surface area contributed by atoms with Crippen LogP contribution < -0.4 is 10.4 Å². The van der Waals surface area contributed by atoms with Crippen LogP contribution in [0, 0.1) is 0 Å². The maximum atomic E-state index is 12.6. The summed E-state index contributed by atoms with van der Waals surface area (Å²) < 4.78 is 0. The molecular weight excluding hydrogens is 384 g/mol. The number of carbonyl (C=O) groups is 3. The molecule has 30 heavy (non-hydrogen) atoms. The molecule has 1 aromatic rings. The third kappa shape index (κ3) is 7.67. The van der Waals surface area contributed by atoms with Crippen molar-refractivity contribution in [3.05, 3.63) is 29.8 Å². The van der Waals surface area contributed by atoms with Gasteiger partial charge >= 0.3 is 0 Å². The number of rotatable bonds is 10. The second-order valence-corrected chi connectivity index (χ2v) is 7.95. The number of hydrogen-bond donors (Lipinski definition) is 2. The molecule has 166 valence electrons. The minimum absolute atomic E-state index is 0.103. The van der Waals surface area contributed by atoms with Crippen molar-refractivity contribution in [2.24, 2.45) is 0 Å². The van der Waals surface area contributed by atoms with Gasteiger partial charge in [-0.15, -0.1) is 0 Å². The van der Waals surface area contributed by atoms with Crippen LogP contribution in [-0.4, -0.2) is 73.0 Å². The molecule has 1 aliphatic rings. The largest absolute Gasteiger partial charge is 0.378 e. The smallest absolute Gasteiger partial charge is 0.243 e. The molecule has 8 nitrogen and oxygen atoms in total. The zero-order valence-corrected chi connectivity index (χ0v) is 18.1. The number of hydroxylamine groups is 1. The van der Waals surface area contributed by atoms with E-state index in [1.165, 1.54) is 0 Å². The lowest BCUT2D eigenvalue weighted by Crippen LogP contribution is -2.50. The molecule has 1 aromatic carbocycles. The van der Waals surface area contributed by atoms with E-state index in [1.807, 2.05) is 53.1 Å². The van der Waals surface area contributed by atoms with Crippen molar-refractivity contribution in [2.45, 2.75) is 44.9 Å². The lowest BCUT2D eigenvalue weighted by atomic mass is 10.1. The average Bonchev–Trinajstić information content (AvgIpc) is 2.76. The molecule has 0 saturated carbocycles. The van der Waals surface area contributed by atoms with Crippen molar-refractivity contribution in [1.29, 1.82) is 0 Å². The average molecular weight is 419 g/mol. The molecule has 0 spiro atoms. The topological polar surface area (TPSA) is 93.2 Å². The van der Waals surface area contributed by atoms with Crippen molar-refractivity contribution in [3.63, 3.8) is 0 Å². The number of unbranched alkanes of at least 4 members (excludes halogenated alkanes) is 3. The number of anilines is 1. The number of nitrogens with zero attached hydrogens (tertiary/aromatic N) is 3. The third-order valence-corrected chi connectivity index (χ3v) is 5.46. The van der Waals surface area contributed by atoms with E-state index < -0.39 is 0 Å². The number of benzene rings is 1. The molecule has 8 heteroatoms. The summed E-state index contributed by atoms with van der Waals surface area (Å²) >= 11 is 0. The Morgan fingerprint density at radius 1 is 0.867 bits per heavy atom. The van der Waals surface area contributed by atoms with Crippen molar-refractivity contribution < 1.29 is 19.6 Å². The first-order chi connectivity index (χ1) is 14.4. The van der Waals surface area contributed by atoms with Crippen LogP contribution in [0.2, 0.25) is 0 Å². The fourth-order valence-electron chi connectivity index (χ4n) is 3.53. The lowest BCUT2D eigenvalue weighted by Gasteiger charge is -2.35. The summed E-state index contributed by atoms with van der Waals surface area (Å²) in [5.74, 6) is -0.134. The minimum Gasteiger partial charge on any atom is -0.378 e. The summed E-state index contributed by atoms with van der Waals surface area (Å²) in [6.07, 6.45) is 4.43. The van der Waals surface area contributed by atoms with Crippen LogP contribution in [0.4, 0.5) is 5.69 Å². The fourth-order valence-corrected chi connectivity index (χ4v) is 3.53. The summed E-state index contributed by atoms with van der Waals surface area (Å²) in [5.41, 5.74) is 3.72. The number of piperazine rings is 1. The molecule has 2 N–H and O–H groups in total. The van der Waals surface area contributed by atoms with Crippen molar-refractivity contribution >= 4 is 23.4 Å². The maximum absolute atomic E-state index is 12.6. The summed E-state index contributed by atoms with van der Waals surface area (Å²) in [5, 5.41) is 8.43. The van der Waals surface area contributed by atoms with E-state index in [9.17, 15) is 14.4 Å². The van der Waals surface area contributed by atoms with E-state index in [1.54, 1.807) is 5.48 Å². The SMILES string of the molecule is CN(C)c1ccc(CC(=O)N2CCN(C(=O)CCCCCCC(=O)NO)CC2)cc1. The van der Waals surface area contributed by atoms with E-state index in [2.05, 4.69) is 0 Å². The highest BCUT2D eigenvalue weighted by Gasteiger charge is 2.23. The summed E-state index contributed by atoms with van der Waals surface area (Å²) in [4.78, 5) is 41.6. The third-order valence-electron chi connectivity index (χ3n) is 5.46. The Morgan fingerprint density at radius 3 is 1.93 bits per heavy atom. The van der Waals surface area contributed by atoms with E-state index in [4.69, 9.17) is 5.21 Å². The summed E-state index contributed by atoms with van der Waals surface area (Å²) in [6.45, 7) is 2.33. The zero-order chi connectivity index (χ0) is 21.9. The van der Waals surface area contributed by atoms with Gasteiger partial charge in [-0.2, -0.15) is 0 Å². The standard InChI is InChI=1S/C22H34N4O4/c1-24(2)19-11-9-18(10-12-19)17-22(29)26-15-13-25(14-16-26)21(28)8-6-4-3-5-7-20(27)23-30/h9-12,30H,3-8,13-17H2,1-2H3,(H,23,27). The molecule has 0 aliphatic carbocycles. The monoisotopic (exact) mass is 418 g/mol. The highest BCUT2D eigenvalue weighted by molar-refractivity contribution is 5.80. The van der Waals surface area contributed by atoms with Gasteiger partial charge in [-0.3, -0.25) is 19.6 Å². The number of hydrogen-bond acceptors (Lipinski definition) is 5. The Hall–Kier alpha value is -2.61. The van der Waals surface area contributed by atoms with Gasteiger partial charge < -0.3 is 14.7 Å². The van der Waals surface area contributed by atoms with Crippen molar-refractivity contribution in [2.75, 3.05) is 45.2 Å². The molecule has 3 amide bonds. The Kier molecular flexibility index (Phi) is 9.60. The van der Waals surface area contributed by atoms with Crippen LogP contribution in [-0.2, 0) is 20.8 Å². The zero-order valence-electron chi connectivity index (χ0n) is 18.1. The highest BCUT2D eigenvalue weighted by Crippen LogP contribution is 2.14. The van der Waals surface area contributed by atoms with Gasteiger partial charge in [0.25, 0.3) is 0 Å². The second-order valence-electron chi connectivity index (χ2n) is 7.95. The molecule has 1 heterocycles. The number of amides is 3. The Balaban J connectivity index is 1.64. The van der Waals surface area contributed by atoms with Crippen LogP contribution in [0.1, 0.15) is 44.1 Å². The minimum atomic E-state index is -0.371. The molecule has 2 rings (SSSR count). The van der Waals surface area contributed by atoms with E-state index >= 15 is 0 Å². The van der Waals surface area contributed by atoms with Crippen molar-refractivity contribution in [1.82, 2.24) is 15.3 Å². The van der Waals surface area contributed by atoms with Crippen LogP contribution in [0.25, 0.3) is 0 Å².